The maximum Gasteiger partial charge on any atom is 0.234 e. The zero-order chi connectivity index (χ0) is 15.9. The molecule has 1 N–H and O–H groups in total. The molecule has 1 aromatic rings. The molecule has 7 heteroatoms. The maximum absolute atomic E-state index is 12.2. The molecule has 0 aliphatic carbocycles. The molecule has 2 rings (SSSR count). The fraction of sp³-hybridized carbons (Fsp3) is 0.667. The molecular weight excluding hydrogens is 300 g/mol. The normalized spacial score (nSPS) is 15.8. The Morgan fingerprint density at radius 2 is 2.05 bits per heavy atom. The molecule has 122 valence electrons. The second-order valence-electron chi connectivity index (χ2n) is 5.54. The zero-order valence-electron chi connectivity index (χ0n) is 13.3. The average molecular weight is 324 g/mol. The second-order valence-corrected chi connectivity index (χ2v) is 6.60. The van der Waals surface area contributed by atoms with E-state index in [1.54, 1.807) is 11.3 Å². The van der Waals surface area contributed by atoms with Gasteiger partial charge in [0.2, 0.25) is 11.8 Å². The van der Waals surface area contributed by atoms with Crippen LogP contribution in [0.4, 0.5) is 0 Å². The number of hydrogen-bond acceptors (Lipinski definition) is 5. The zero-order valence-corrected chi connectivity index (χ0v) is 14.1. The first-order valence-corrected chi connectivity index (χ1v) is 8.64. The van der Waals surface area contributed by atoms with Crippen molar-refractivity contribution in [2.45, 2.75) is 26.7 Å². The van der Waals surface area contributed by atoms with Gasteiger partial charge in [-0.15, -0.1) is 11.3 Å². The number of nitrogens with zero attached hydrogens (tertiary/aromatic N) is 3. The third kappa shape index (κ3) is 5.06. The number of piperazine rings is 1. The quantitative estimate of drug-likeness (QED) is 0.835. The molecule has 0 aromatic carbocycles. The Hall–Kier alpha value is -1.47. The van der Waals surface area contributed by atoms with Crippen molar-refractivity contribution in [3.8, 4) is 0 Å². The first kappa shape index (κ1) is 16.9. The fourth-order valence-corrected chi connectivity index (χ4v) is 3.05. The third-order valence-electron chi connectivity index (χ3n) is 3.66. The molecule has 1 aliphatic heterocycles. The molecule has 6 nitrogen and oxygen atoms in total. The van der Waals surface area contributed by atoms with Crippen LogP contribution in [0.1, 0.15) is 24.0 Å². The minimum atomic E-state index is 0.0691. The van der Waals surface area contributed by atoms with Gasteiger partial charge >= 0.3 is 0 Å². The predicted octanol–water partition coefficient (Wildman–Crippen LogP) is 0.664. The summed E-state index contributed by atoms with van der Waals surface area (Å²) in [6.07, 6.45) is 1.32. The summed E-state index contributed by atoms with van der Waals surface area (Å²) in [4.78, 5) is 32.2. The highest BCUT2D eigenvalue weighted by atomic mass is 32.1. The van der Waals surface area contributed by atoms with Crippen molar-refractivity contribution in [3.05, 3.63) is 16.1 Å². The van der Waals surface area contributed by atoms with Gasteiger partial charge in [0, 0.05) is 38.1 Å². The van der Waals surface area contributed by atoms with Crippen LogP contribution in [0, 0.1) is 6.92 Å². The molecule has 0 bridgehead atoms. The van der Waals surface area contributed by atoms with Gasteiger partial charge in [-0.3, -0.25) is 14.5 Å². The highest BCUT2D eigenvalue weighted by Gasteiger charge is 2.22. The lowest BCUT2D eigenvalue weighted by molar-refractivity contribution is -0.132. The van der Waals surface area contributed by atoms with Gasteiger partial charge < -0.3 is 10.2 Å². The lowest BCUT2D eigenvalue weighted by atomic mass is 10.2. The van der Waals surface area contributed by atoms with E-state index in [9.17, 15) is 9.59 Å². The van der Waals surface area contributed by atoms with Crippen molar-refractivity contribution in [1.29, 1.82) is 0 Å². The number of hydrogen-bond donors (Lipinski definition) is 1. The van der Waals surface area contributed by atoms with Crippen LogP contribution in [-0.4, -0.2) is 65.9 Å². The Bertz CT molecular complexity index is 509. The molecule has 0 unspecified atom stereocenters. The van der Waals surface area contributed by atoms with Crippen LogP contribution in [0.2, 0.25) is 0 Å². The van der Waals surface area contributed by atoms with Gasteiger partial charge in [-0.25, -0.2) is 4.98 Å². The Kier molecular flexibility index (Phi) is 6.33. The van der Waals surface area contributed by atoms with Gasteiger partial charge in [0.05, 0.1) is 23.7 Å². The summed E-state index contributed by atoms with van der Waals surface area (Å²) in [5, 5.41) is 5.82. The van der Waals surface area contributed by atoms with Crippen molar-refractivity contribution < 1.29 is 9.59 Å². The molecule has 1 saturated heterocycles. The lowest BCUT2D eigenvalue weighted by Gasteiger charge is -2.34. The van der Waals surface area contributed by atoms with Gasteiger partial charge in [-0.05, 0) is 13.3 Å². The van der Waals surface area contributed by atoms with Crippen molar-refractivity contribution in [2.24, 2.45) is 0 Å². The Balaban J connectivity index is 1.72. The SMILES string of the molecule is CCCNC(=O)CN1CCN(C(=O)Cc2csc(C)n2)CC1. The molecule has 2 heterocycles. The Labute approximate surface area is 135 Å². The van der Waals surface area contributed by atoms with Crippen LogP contribution < -0.4 is 5.32 Å². The lowest BCUT2D eigenvalue weighted by Crippen LogP contribution is -2.51. The molecule has 22 heavy (non-hydrogen) atoms. The van der Waals surface area contributed by atoms with E-state index in [-0.39, 0.29) is 11.8 Å². The average Bonchev–Trinajstić information content (AvgIpc) is 2.91. The van der Waals surface area contributed by atoms with Crippen LogP contribution in [0.25, 0.3) is 0 Å². The number of thiazole rings is 1. The van der Waals surface area contributed by atoms with E-state index in [1.807, 2.05) is 24.1 Å². The van der Waals surface area contributed by atoms with E-state index in [1.165, 1.54) is 0 Å². The highest BCUT2D eigenvalue weighted by molar-refractivity contribution is 7.09. The molecular formula is C15H24N4O2S. The number of carbonyl (C=O) groups excluding carboxylic acids is 2. The number of amides is 2. The fourth-order valence-electron chi connectivity index (χ4n) is 2.43. The number of aryl methyl sites for hydroxylation is 1. The Morgan fingerprint density at radius 3 is 2.64 bits per heavy atom. The summed E-state index contributed by atoms with van der Waals surface area (Å²) in [6, 6.07) is 0. The smallest absolute Gasteiger partial charge is 0.234 e. The number of aromatic nitrogens is 1. The van der Waals surface area contributed by atoms with Crippen LogP contribution in [0.5, 0.6) is 0 Å². The summed E-state index contributed by atoms with van der Waals surface area (Å²) >= 11 is 1.57. The summed E-state index contributed by atoms with van der Waals surface area (Å²) < 4.78 is 0. The van der Waals surface area contributed by atoms with Crippen LogP contribution in [0.3, 0.4) is 0 Å². The molecule has 1 aliphatic rings. The minimum absolute atomic E-state index is 0.0691. The van der Waals surface area contributed by atoms with E-state index in [0.29, 0.717) is 26.1 Å². The van der Waals surface area contributed by atoms with Crippen molar-refractivity contribution in [1.82, 2.24) is 20.1 Å². The summed E-state index contributed by atoms with van der Waals surface area (Å²) in [5.74, 6) is 0.194. The number of carbonyl (C=O) groups is 2. The molecule has 0 saturated carbocycles. The molecule has 0 atom stereocenters. The maximum atomic E-state index is 12.2. The topological polar surface area (TPSA) is 65.5 Å². The van der Waals surface area contributed by atoms with E-state index >= 15 is 0 Å². The Morgan fingerprint density at radius 1 is 1.32 bits per heavy atom. The van der Waals surface area contributed by atoms with Crippen molar-refractivity contribution >= 4 is 23.2 Å². The highest BCUT2D eigenvalue weighted by Crippen LogP contribution is 2.10. The largest absolute Gasteiger partial charge is 0.355 e. The van der Waals surface area contributed by atoms with Crippen molar-refractivity contribution in [3.63, 3.8) is 0 Å². The summed E-state index contributed by atoms with van der Waals surface area (Å²) in [6.45, 7) is 8.00. The van der Waals surface area contributed by atoms with E-state index in [4.69, 9.17) is 0 Å². The molecule has 0 radical (unpaired) electrons. The van der Waals surface area contributed by atoms with Crippen molar-refractivity contribution in [2.75, 3.05) is 39.3 Å². The number of rotatable bonds is 6. The molecule has 0 spiro atoms. The minimum Gasteiger partial charge on any atom is -0.355 e. The predicted molar refractivity (Wildman–Crippen MR) is 86.9 cm³/mol. The van der Waals surface area contributed by atoms with E-state index < -0.39 is 0 Å². The summed E-state index contributed by atoms with van der Waals surface area (Å²) in [7, 11) is 0. The third-order valence-corrected chi connectivity index (χ3v) is 4.49. The standard InChI is InChI=1S/C15H24N4O2S/c1-3-4-16-14(20)10-18-5-7-19(8-6-18)15(21)9-13-11-22-12(2)17-13/h11H,3-10H2,1-2H3,(H,16,20). The first-order chi connectivity index (χ1) is 10.6. The van der Waals surface area contributed by atoms with Crippen LogP contribution in [0.15, 0.2) is 5.38 Å². The molecule has 1 fully saturated rings. The second kappa shape index (κ2) is 8.24. The summed E-state index contributed by atoms with van der Waals surface area (Å²) in [5.41, 5.74) is 0.855. The van der Waals surface area contributed by atoms with Gasteiger partial charge in [-0.1, -0.05) is 6.92 Å². The van der Waals surface area contributed by atoms with E-state index in [2.05, 4.69) is 15.2 Å². The van der Waals surface area contributed by atoms with Crippen LogP contribution >= 0.6 is 11.3 Å². The van der Waals surface area contributed by atoms with Gasteiger partial charge in [-0.2, -0.15) is 0 Å². The van der Waals surface area contributed by atoms with Crippen LogP contribution in [-0.2, 0) is 16.0 Å². The number of nitrogens with one attached hydrogen (secondary N) is 1. The first-order valence-electron chi connectivity index (χ1n) is 7.76. The molecule has 1 aromatic heterocycles. The monoisotopic (exact) mass is 324 g/mol. The van der Waals surface area contributed by atoms with Gasteiger partial charge in [0.1, 0.15) is 0 Å². The van der Waals surface area contributed by atoms with Gasteiger partial charge in [0.15, 0.2) is 0 Å². The van der Waals surface area contributed by atoms with E-state index in [0.717, 1.165) is 36.8 Å². The molecule has 2 amide bonds. The van der Waals surface area contributed by atoms with Gasteiger partial charge in [0.25, 0.3) is 0 Å².